The lowest BCUT2D eigenvalue weighted by molar-refractivity contribution is 0.0987. The molecule has 2 aromatic carbocycles. The summed E-state index contributed by atoms with van der Waals surface area (Å²) in [7, 11) is 0. The van der Waals surface area contributed by atoms with Gasteiger partial charge in [-0.25, -0.2) is 9.37 Å². The predicted molar refractivity (Wildman–Crippen MR) is 113 cm³/mol. The number of pyridine rings is 1. The molecule has 0 saturated carbocycles. The third-order valence-corrected chi connectivity index (χ3v) is 5.47. The lowest BCUT2D eigenvalue weighted by atomic mass is 10.0. The van der Waals surface area contributed by atoms with Crippen molar-refractivity contribution in [3.8, 4) is 11.1 Å². The van der Waals surface area contributed by atoms with E-state index < -0.39 is 0 Å². The number of fused-ring (bicyclic) bond motifs is 2. The van der Waals surface area contributed by atoms with Gasteiger partial charge in [0.2, 0.25) is 0 Å². The SMILES string of the molecule is Cc1ccn2c(=O)c(C(=O)N3CCc4cc(-c5cccc(F)c5)ccc43)cnc2c1. The molecule has 0 aliphatic carbocycles. The molecule has 4 aromatic rings. The number of amides is 1. The molecule has 5 nitrogen and oxygen atoms in total. The van der Waals surface area contributed by atoms with E-state index in [2.05, 4.69) is 4.98 Å². The Morgan fingerprint density at radius 1 is 1.07 bits per heavy atom. The zero-order valence-corrected chi connectivity index (χ0v) is 16.3. The average Bonchev–Trinajstić information content (AvgIpc) is 3.17. The fraction of sp³-hybridized carbons (Fsp3) is 0.125. The summed E-state index contributed by atoms with van der Waals surface area (Å²) in [5, 5.41) is 0. The minimum Gasteiger partial charge on any atom is -0.308 e. The number of carbonyl (C=O) groups is 1. The van der Waals surface area contributed by atoms with Crippen LogP contribution >= 0.6 is 0 Å². The Morgan fingerprint density at radius 3 is 2.73 bits per heavy atom. The van der Waals surface area contributed by atoms with Crippen molar-refractivity contribution < 1.29 is 9.18 Å². The highest BCUT2D eigenvalue weighted by molar-refractivity contribution is 6.07. The molecule has 5 rings (SSSR count). The van der Waals surface area contributed by atoms with Crippen LogP contribution in [-0.2, 0) is 6.42 Å². The first-order chi connectivity index (χ1) is 14.5. The van der Waals surface area contributed by atoms with Crippen LogP contribution < -0.4 is 10.5 Å². The summed E-state index contributed by atoms with van der Waals surface area (Å²) in [6.45, 7) is 2.40. The number of nitrogens with zero attached hydrogens (tertiary/aromatic N) is 3. The molecule has 0 saturated heterocycles. The summed E-state index contributed by atoms with van der Waals surface area (Å²) in [5.74, 6) is -0.649. The Bertz CT molecular complexity index is 1380. The molecule has 0 spiro atoms. The number of hydrogen-bond acceptors (Lipinski definition) is 3. The number of anilines is 1. The Kier molecular flexibility index (Phi) is 4.20. The van der Waals surface area contributed by atoms with Gasteiger partial charge in [-0.1, -0.05) is 18.2 Å². The van der Waals surface area contributed by atoms with Crippen molar-refractivity contribution in [3.63, 3.8) is 0 Å². The molecule has 3 heterocycles. The van der Waals surface area contributed by atoms with Crippen molar-refractivity contribution in [1.82, 2.24) is 9.38 Å². The second-order valence-electron chi connectivity index (χ2n) is 7.47. The molecule has 148 valence electrons. The maximum atomic E-state index is 13.6. The molecule has 0 radical (unpaired) electrons. The van der Waals surface area contributed by atoms with E-state index in [1.54, 1.807) is 23.2 Å². The van der Waals surface area contributed by atoms with Crippen LogP contribution in [-0.4, -0.2) is 21.8 Å². The number of benzene rings is 2. The van der Waals surface area contributed by atoms with Gasteiger partial charge in [-0.15, -0.1) is 0 Å². The number of aromatic nitrogens is 2. The van der Waals surface area contributed by atoms with Gasteiger partial charge in [0.15, 0.2) is 0 Å². The first-order valence-corrected chi connectivity index (χ1v) is 9.70. The van der Waals surface area contributed by atoms with E-state index in [1.165, 1.54) is 22.7 Å². The van der Waals surface area contributed by atoms with Crippen molar-refractivity contribution in [3.05, 3.63) is 99.9 Å². The summed E-state index contributed by atoms with van der Waals surface area (Å²) < 4.78 is 15.0. The fourth-order valence-electron chi connectivity index (χ4n) is 3.93. The second kappa shape index (κ2) is 6.91. The molecular weight excluding hydrogens is 381 g/mol. The van der Waals surface area contributed by atoms with Crippen LogP contribution in [0.25, 0.3) is 16.8 Å². The third kappa shape index (κ3) is 2.97. The van der Waals surface area contributed by atoms with Crippen LogP contribution in [0.5, 0.6) is 0 Å². The first kappa shape index (κ1) is 18.2. The molecular formula is C24H18FN3O2. The van der Waals surface area contributed by atoms with E-state index in [9.17, 15) is 14.0 Å². The van der Waals surface area contributed by atoms with Crippen LogP contribution in [0.4, 0.5) is 10.1 Å². The van der Waals surface area contributed by atoms with E-state index in [0.717, 1.165) is 27.9 Å². The maximum Gasteiger partial charge on any atom is 0.270 e. The molecule has 0 N–H and O–H groups in total. The molecule has 0 bridgehead atoms. The Balaban J connectivity index is 1.51. The molecule has 1 amide bonds. The van der Waals surface area contributed by atoms with E-state index in [-0.39, 0.29) is 22.8 Å². The van der Waals surface area contributed by atoms with E-state index in [1.807, 2.05) is 37.3 Å². The lowest BCUT2D eigenvalue weighted by Gasteiger charge is -2.17. The minimum absolute atomic E-state index is 0.0402. The zero-order chi connectivity index (χ0) is 20.8. The first-order valence-electron chi connectivity index (χ1n) is 9.70. The summed E-state index contributed by atoms with van der Waals surface area (Å²) in [6.07, 6.45) is 3.67. The number of rotatable bonds is 2. The molecule has 6 heteroatoms. The number of halogens is 1. The van der Waals surface area contributed by atoms with Crippen molar-refractivity contribution in [2.45, 2.75) is 13.3 Å². The number of aryl methyl sites for hydroxylation is 1. The van der Waals surface area contributed by atoms with Crippen LogP contribution in [0.1, 0.15) is 21.5 Å². The quantitative estimate of drug-likeness (QED) is 0.512. The van der Waals surface area contributed by atoms with Gasteiger partial charge >= 0.3 is 0 Å². The fourth-order valence-corrected chi connectivity index (χ4v) is 3.93. The summed E-state index contributed by atoms with van der Waals surface area (Å²) >= 11 is 0. The molecule has 30 heavy (non-hydrogen) atoms. The molecule has 2 aromatic heterocycles. The molecule has 1 aliphatic heterocycles. The molecule has 1 aliphatic rings. The van der Waals surface area contributed by atoms with Crippen molar-refractivity contribution >= 4 is 17.2 Å². The summed E-state index contributed by atoms with van der Waals surface area (Å²) in [5.41, 5.74) is 4.61. The van der Waals surface area contributed by atoms with Crippen LogP contribution in [0.2, 0.25) is 0 Å². The predicted octanol–water partition coefficient (Wildman–Crippen LogP) is 4.01. The standard InChI is InChI=1S/C24H18FN3O2/c1-15-7-9-28-22(11-15)26-14-20(24(28)30)23(29)27-10-8-18-12-17(5-6-21(18)27)16-3-2-4-19(25)13-16/h2-7,9,11-14H,8,10H2,1H3. The van der Waals surface area contributed by atoms with Crippen molar-refractivity contribution in [2.24, 2.45) is 0 Å². The van der Waals surface area contributed by atoms with Gasteiger partial charge in [-0.2, -0.15) is 0 Å². The molecule has 0 fully saturated rings. The van der Waals surface area contributed by atoms with E-state index >= 15 is 0 Å². The minimum atomic E-state index is -0.380. The monoisotopic (exact) mass is 399 g/mol. The van der Waals surface area contributed by atoms with E-state index in [0.29, 0.717) is 18.6 Å². The van der Waals surface area contributed by atoms with Gasteiger partial charge in [0.25, 0.3) is 11.5 Å². The summed E-state index contributed by atoms with van der Waals surface area (Å²) in [6, 6.07) is 15.7. The van der Waals surface area contributed by atoms with Crippen LogP contribution in [0, 0.1) is 12.7 Å². The smallest absolute Gasteiger partial charge is 0.270 e. The lowest BCUT2D eigenvalue weighted by Crippen LogP contribution is -2.34. The number of hydrogen-bond donors (Lipinski definition) is 0. The molecule has 0 atom stereocenters. The van der Waals surface area contributed by atoms with Gasteiger partial charge < -0.3 is 4.90 Å². The Labute approximate surface area is 172 Å². The van der Waals surface area contributed by atoms with Crippen LogP contribution in [0.15, 0.2) is 71.8 Å². The highest BCUT2D eigenvalue weighted by atomic mass is 19.1. The van der Waals surface area contributed by atoms with Crippen molar-refractivity contribution in [1.29, 1.82) is 0 Å². The van der Waals surface area contributed by atoms with Crippen molar-refractivity contribution in [2.75, 3.05) is 11.4 Å². The second-order valence-corrected chi connectivity index (χ2v) is 7.47. The Morgan fingerprint density at radius 2 is 1.90 bits per heavy atom. The molecule has 0 unspecified atom stereocenters. The van der Waals surface area contributed by atoms with Gasteiger partial charge in [0.05, 0.1) is 0 Å². The van der Waals surface area contributed by atoms with Gasteiger partial charge in [0, 0.05) is 24.6 Å². The van der Waals surface area contributed by atoms with Gasteiger partial charge in [-0.3, -0.25) is 14.0 Å². The largest absolute Gasteiger partial charge is 0.308 e. The van der Waals surface area contributed by atoms with Crippen LogP contribution in [0.3, 0.4) is 0 Å². The Hall–Kier alpha value is -3.80. The van der Waals surface area contributed by atoms with Gasteiger partial charge in [0.1, 0.15) is 17.0 Å². The maximum absolute atomic E-state index is 13.6. The zero-order valence-electron chi connectivity index (χ0n) is 16.3. The highest BCUT2D eigenvalue weighted by Gasteiger charge is 2.28. The number of carbonyl (C=O) groups excluding carboxylic acids is 1. The normalized spacial score (nSPS) is 12.9. The highest BCUT2D eigenvalue weighted by Crippen LogP contribution is 2.33. The third-order valence-electron chi connectivity index (χ3n) is 5.47. The van der Waals surface area contributed by atoms with E-state index in [4.69, 9.17) is 0 Å². The average molecular weight is 399 g/mol. The van der Waals surface area contributed by atoms with Gasteiger partial charge in [-0.05, 0) is 72.0 Å². The topological polar surface area (TPSA) is 54.7 Å². The summed E-state index contributed by atoms with van der Waals surface area (Å²) in [4.78, 5) is 31.9.